The fourth-order valence-corrected chi connectivity index (χ4v) is 3.01. The Morgan fingerprint density at radius 1 is 1.38 bits per heavy atom. The monoisotopic (exact) mass is 324 g/mol. The molecule has 1 saturated carbocycles. The first-order chi connectivity index (χ1) is 11.6. The van der Waals surface area contributed by atoms with Gasteiger partial charge in [0.2, 0.25) is 0 Å². The van der Waals surface area contributed by atoms with Gasteiger partial charge in [-0.05, 0) is 30.5 Å². The predicted octanol–water partition coefficient (Wildman–Crippen LogP) is 2.23. The SMILES string of the molecule is N#CC(=Cc1cccc2[nH]nc(C(=O)O)c12)C(=O)NC1CCCC1. The van der Waals surface area contributed by atoms with Gasteiger partial charge in [0.1, 0.15) is 11.6 Å². The lowest BCUT2D eigenvalue weighted by Crippen LogP contribution is -2.33. The highest BCUT2D eigenvalue weighted by Gasteiger charge is 2.20. The van der Waals surface area contributed by atoms with E-state index in [0.29, 0.717) is 16.5 Å². The lowest BCUT2D eigenvalue weighted by molar-refractivity contribution is -0.117. The molecule has 1 aliphatic rings. The third-order valence-corrected chi connectivity index (χ3v) is 4.18. The van der Waals surface area contributed by atoms with Gasteiger partial charge in [-0.1, -0.05) is 25.0 Å². The minimum atomic E-state index is -1.17. The molecule has 24 heavy (non-hydrogen) atoms. The Kier molecular flexibility index (Phi) is 4.29. The summed E-state index contributed by atoms with van der Waals surface area (Å²) in [5, 5.41) is 28.2. The summed E-state index contributed by atoms with van der Waals surface area (Å²) in [6, 6.07) is 7.06. The molecule has 0 unspecified atom stereocenters. The van der Waals surface area contributed by atoms with E-state index in [1.165, 1.54) is 6.08 Å². The van der Waals surface area contributed by atoms with Gasteiger partial charge in [0.15, 0.2) is 5.69 Å². The van der Waals surface area contributed by atoms with Gasteiger partial charge in [-0.3, -0.25) is 9.89 Å². The number of nitrogens with one attached hydrogen (secondary N) is 2. The normalized spacial score (nSPS) is 15.4. The molecule has 0 spiro atoms. The topological polar surface area (TPSA) is 119 Å². The molecular formula is C17H16N4O3. The summed E-state index contributed by atoms with van der Waals surface area (Å²) in [4.78, 5) is 23.6. The molecule has 0 aliphatic heterocycles. The van der Waals surface area contributed by atoms with Gasteiger partial charge >= 0.3 is 5.97 Å². The number of amides is 1. The zero-order valence-electron chi connectivity index (χ0n) is 12.9. The van der Waals surface area contributed by atoms with Gasteiger partial charge in [-0.25, -0.2) is 4.79 Å². The van der Waals surface area contributed by atoms with Gasteiger partial charge in [-0.2, -0.15) is 10.4 Å². The van der Waals surface area contributed by atoms with Crippen molar-refractivity contribution in [2.24, 2.45) is 0 Å². The van der Waals surface area contributed by atoms with E-state index < -0.39 is 11.9 Å². The quantitative estimate of drug-likeness (QED) is 0.588. The number of aromatic amines is 1. The maximum atomic E-state index is 12.3. The molecule has 1 aromatic carbocycles. The first-order valence-corrected chi connectivity index (χ1v) is 7.73. The Hall–Kier alpha value is -3.14. The molecule has 1 amide bonds. The van der Waals surface area contributed by atoms with Crippen LogP contribution in [0.1, 0.15) is 41.7 Å². The first-order valence-electron chi connectivity index (χ1n) is 7.73. The average molecular weight is 324 g/mol. The van der Waals surface area contributed by atoms with Crippen LogP contribution in [0.2, 0.25) is 0 Å². The van der Waals surface area contributed by atoms with Gasteiger partial charge in [0, 0.05) is 11.4 Å². The number of carboxylic acids is 1. The van der Waals surface area contributed by atoms with Gasteiger partial charge in [0.25, 0.3) is 5.91 Å². The van der Waals surface area contributed by atoms with Crippen LogP contribution in [0, 0.1) is 11.3 Å². The van der Waals surface area contributed by atoms with Crippen LogP contribution in [-0.4, -0.2) is 33.2 Å². The Labute approximate surface area is 138 Å². The van der Waals surface area contributed by atoms with Crippen molar-refractivity contribution in [2.75, 3.05) is 0 Å². The summed E-state index contributed by atoms with van der Waals surface area (Å²) in [5.74, 6) is -1.60. The van der Waals surface area contributed by atoms with Crippen molar-refractivity contribution in [3.63, 3.8) is 0 Å². The standard InChI is InChI=1S/C17H16N4O3/c18-9-11(16(22)19-12-5-1-2-6-12)8-10-4-3-7-13-14(10)15(17(23)24)21-20-13/h3-4,7-8,12H,1-2,5-6H2,(H,19,22)(H,20,21)(H,23,24). The van der Waals surface area contributed by atoms with Crippen molar-refractivity contribution in [1.29, 1.82) is 5.26 Å². The Balaban J connectivity index is 1.97. The number of H-pyrrole nitrogens is 1. The van der Waals surface area contributed by atoms with Crippen molar-refractivity contribution in [1.82, 2.24) is 15.5 Å². The first kappa shape index (κ1) is 15.7. The molecule has 1 fully saturated rings. The number of hydrogen-bond donors (Lipinski definition) is 3. The van der Waals surface area contributed by atoms with Crippen molar-refractivity contribution < 1.29 is 14.7 Å². The second-order valence-electron chi connectivity index (χ2n) is 5.77. The van der Waals surface area contributed by atoms with E-state index >= 15 is 0 Å². The number of carbonyl (C=O) groups excluding carboxylic acids is 1. The zero-order chi connectivity index (χ0) is 17.1. The van der Waals surface area contributed by atoms with Crippen LogP contribution in [0.25, 0.3) is 17.0 Å². The molecule has 1 aliphatic carbocycles. The molecule has 2 aromatic rings. The molecule has 1 aromatic heterocycles. The van der Waals surface area contributed by atoms with Crippen LogP contribution < -0.4 is 5.32 Å². The van der Waals surface area contributed by atoms with Crippen LogP contribution in [0.5, 0.6) is 0 Å². The third-order valence-electron chi connectivity index (χ3n) is 4.18. The molecule has 3 N–H and O–H groups in total. The number of carboxylic acid groups (broad SMARTS) is 1. The smallest absolute Gasteiger partial charge is 0.357 e. The maximum Gasteiger partial charge on any atom is 0.357 e. The number of benzene rings is 1. The van der Waals surface area contributed by atoms with E-state index in [1.807, 2.05) is 6.07 Å². The minimum Gasteiger partial charge on any atom is -0.476 e. The van der Waals surface area contributed by atoms with Crippen LogP contribution in [-0.2, 0) is 4.79 Å². The highest BCUT2D eigenvalue weighted by Crippen LogP contribution is 2.23. The lowest BCUT2D eigenvalue weighted by atomic mass is 10.0. The number of rotatable bonds is 4. The fourth-order valence-electron chi connectivity index (χ4n) is 3.01. The summed E-state index contributed by atoms with van der Waals surface area (Å²) >= 11 is 0. The van der Waals surface area contributed by atoms with Crippen molar-refractivity contribution in [3.8, 4) is 6.07 Å². The molecular weight excluding hydrogens is 308 g/mol. The summed E-state index contributed by atoms with van der Waals surface area (Å²) in [6.07, 6.45) is 5.41. The molecule has 0 atom stereocenters. The summed E-state index contributed by atoms with van der Waals surface area (Å²) < 4.78 is 0. The molecule has 122 valence electrons. The van der Waals surface area contributed by atoms with E-state index in [-0.39, 0.29) is 17.3 Å². The summed E-state index contributed by atoms with van der Waals surface area (Å²) in [7, 11) is 0. The predicted molar refractivity (Wildman–Crippen MR) is 87.0 cm³/mol. The lowest BCUT2D eigenvalue weighted by Gasteiger charge is -2.11. The van der Waals surface area contributed by atoms with Crippen LogP contribution in [0.4, 0.5) is 0 Å². The molecule has 7 nitrogen and oxygen atoms in total. The van der Waals surface area contributed by atoms with E-state index in [4.69, 9.17) is 0 Å². The fraction of sp³-hybridized carbons (Fsp3) is 0.294. The van der Waals surface area contributed by atoms with E-state index in [0.717, 1.165) is 25.7 Å². The maximum absolute atomic E-state index is 12.3. The highest BCUT2D eigenvalue weighted by atomic mass is 16.4. The van der Waals surface area contributed by atoms with Crippen LogP contribution >= 0.6 is 0 Å². The van der Waals surface area contributed by atoms with Gasteiger partial charge < -0.3 is 10.4 Å². The van der Waals surface area contributed by atoms with Gasteiger partial charge in [-0.15, -0.1) is 0 Å². The number of fused-ring (bicyclic) bond motifs is 1. The largest absolute Gasteiger partial charge is 0.476 e. The second-order valence-corrected chi connectivity index (χ2v) is 5.77. The van der Waals surface area contributed by atoms with Crippen molar-refractivity contribution >= 4 is 28.9 Å². The molecule has 0 radical (unpaired) electrons. The summed E-state index contributed by atoms with van der Waals surface area (Å²) in [6.45, 7) is 0. The molecule has 3 rings (SSSR count). The number of nitrogens with zero attached hydrogens (tertiary/aromatic N) is 2. The average Bonchev–Trinajstić information content (AvgIpc) is 3.21. The zero-order valence-corrected chi connectivity index (χ0v) is 12.9. The minimum absolute atomic E-state index is 0.0491. The Bertz CT molecular complexity index is 870. The van der Waals surface area contributed by atoms with Crippen molar-refractivity contribution in [3.05, 3.63) is 35.0 Å². The van der Waals surface area contributed by atoms with E-state index in [9.17, 15) is 20.0 Å². The van der Waals surface area contributed by atoms with E-state index in [2.05, 4.69) is 15.5 Å². The number of hydrogen-bond acceptors (Lipinski definition) is 4. The number of aromatic nitrogens is 2. The van der Waals surface area contributed by atoms with Gasteiger partial charge in [0.05, 0.1) is 5.52 Å². The molecule has 0 bridgehead atoms. The number of aromatic carboxylic acids is 1. The Morgan fingerprint density at radius 2 is 2.12 bits per heavy atom. The highest BCUT2D eigenvalue weighted by molar-refractivity contribution is 6.08. The second kappa shape index (κ2) is 6.54. The van der Waals surface area contributed by atoms with Crippen molar-refractivity contribution in [2.45, 2.75) is 31.7 Å². The van der Waals surface area contributed by atoms with E-state index in [1.54, 1.807) is 18.2 Å². The number of nitriles is 1. The molecule has 0 saturated heterocycles. The molecule has 1 heterocycles. The van der Waals surface area contributed by atoms with Crippen LogP contribution in [0.15, 0.2) is 23.8 Å². The third kappa shape index (κ3) is 2.99. The summed E-state index contributed by atoms with van der Waals surface area (Å²) in [5.41, 5.74) is 0.823. The Morgan fingerprint density at radius 3 is 2.79 bits per heavy atom. The van der Waals surface area contributed by atoms with Crippen LogP contribution in [0.3, 0.4) is 0 Å². The number of carbonyl (C=O) groups is 2. The molecule has 7 heteroatoms.